The van der Waals surface area contributed by atoms with E-state index in [1.165, 1.54) is 0 Å². The summed E-state index contributed by atoms with van der Waals surface area (Å²) in [6, 6.07) is 7.20. The minimum atomic E-state index is -0.830. The molecule has 0 spiro atoms. The van der Waals surface area contributed by atoms with Crippen LogP contribution in [0.1, 0.15) is 37.8 Å². The second kappa shape index (κ2) is 6.39. The number of rotatable bonds is 4. The van der Waals surface area contributed by atoms with Gasteiger partial charge < -0.3 is 10.0 Å². The fourth-order valence-electron chi connectivity index (χ4n) is 2.82. The van der Waals surface area contributed by atoms with Crippen molar-refractivity contribution in [3.63, 3.8) is 0 Å². The Morgan fingerprint density at radius 3 is 2.85 bits per heavy atom. The van der Waals surface area contributed by atoms with Gasteiger partial charge in [0.1, 0.15) is 0 Å². The van der Waals surface area contributed by atoms with E-state index in [0.717, 1.165) is 16.5 Å². The van der Waals surface area contributed by atoms with E-state index in [1.54, 1.807) is 4.90 Å². The number of benzene rings is 1. The van der Waals surface area contributed by atoms with Crippen molar-refractivity contribution in [1.29, 1.82) is 0 Å². The number of carbonyl (C=O) groups excluding carboxylic acids is 1. The van der Waals surface area contributed by atoms with Crippen LogP contribution in [0.15, 0.2) is 28.7 Å². The molecule has 1 saturated heterocycles. The molecular weight excluding hydrogens is 322 g/mol. The lowest BCUT2D eigenvalue weighted by atomic mass is 9.84. The number of amides is 1. The first-order chi connectivity index (χ1) is 9.54. The molecule has 1 aliphatic heterocycles. The number of likely N-dealkylation sites (tertiary alicyclic amines) is 1. The molecule has 108 valence electrons. The lowest BCUT2D eigenvalue weighted by Crippen LogP contribution is -2.45. The summed E-state index contributed by atoms with van der Waals surface area (Å²) in [5, 5.41) is 9.46. The molecule has 20 heavy (non-hydrogen) atoms. The van der Waals surface area contributed by atoms with Crippen molar-refractivity contribution >= 4 is 27.8 Å². The normalized spacial score (nSPS) is 22.9. The summed E-state index contributed by atoms with van der Waals surface area (Å²) < 4.78 is 0.897. The summed E-state index contributed by atoms with van der Waals surface area (Å²) >= 11 is 3.41. The molecule has 1 aromatic rings. The van der Waals surface area contributed by atoms with Crippen molar-refractivity contribution in [2.45, 2.75) is 32.2 Å². The van der Waals surface area contributed by atoms with Crippen molar-refractivity contribution in [3.05, 3.63) is 34.3 Å². The molecular formula is C15H18BrNO3. The Kier molecular flexibility index (Phi) is 4.81. The Hall–Kier alpha value is -1.36. The predicted molar refractivity (Wildman–Crippen MR) is 79.2 cm³/mol. The number of halogens is 1. The molecule has 5 heteroatoms. The first kappa shape index (κ1) is 15.0. The highest BCUT2D eigenvalue weighted by molar-refractivity contribution is 9.10. The summed E-state index contributed by atoms with van der Waals surface area (Å²) in [6.45, 7) is 2.59. The summed E-state index contributed by atoms with van der Waals surface area (Å²) in [5.74, 6) is -1.31. The molecule has 2 rings (SSSR count). The van der Waals surface area contributed by atoms with Crippen LogP contribution in [0.25, 0.3) is 0 Å². The molecule has 0 radical (unpaired) electrons. The van der Waals surface area contributed by atoms with Gasteiger partial charge in [0.25, 0.3) is 0 Å². The van der Waals surface area contributed by atoms with E-state index in [1.807, 2.05) is 31.2 Å². The Morgan fingerprint density at radius 1 is 1.50 bits per heavy atom. The van der Waals surface area contributed by atoms with Crippen LogP contribution in [-0.4, -0.2) is 28.4 Å². The van der Waals surface area contributed by atoms with Crippen LogP contribution in [-0.2, 0) is 9.59 Å². The number of hydrogen-bond acceptors (Lipinski definition) is 2. The van der Waals surface area contributed by atoms with Gasteiger partial charge in [0, 0.05) is 17.4 Å². The highest BCUT2D eigenvalue weighted by Gasteiger charge is 2.40. The van der Waals surface area contributed by atoms with Gasteiger partial charge in [0.2, 0.25) is 5.91 Å². The SMILES string of the molecule is CCCN1C(=O)CCC(C(=O)O)C1c1cccc(Br)c1. The second-order valence-corrected chi connectivity index (χ2v) is 5.99. The van der Waals surface area contributed by atoms with Crippen molar-refractivity contribution in [2.75, 3.05) is 6.54 Å². The van der Waals surface area contributed by atoms with Gasteiger partial charge in [-0.2, -0.15) is 0 Å². The lowest BCUT2D eigenvalue weighted by Gasteiger charge is -2.39. The number of carboxylic acids is 1. The standard InChI is InChI=1S/C15H18BrNO3/c1-2-8-17-13(18)7-6-12(15(19)20)14(17)10-4-3-5-11(16)9-10/h3-5,9,12,14H,2,6-8H2,1H3,(H,19,20). The molecule has 0 aliphatic carbocycles. The molecule has 0 bridgehead atoms. The van der Waals surface area contributed by atoms with Gasteiger partial charge in [0.15, 0.2) is 0 Å². The maximum absolute atomic E-state index is 12.1. The smallest absolute Gasteiger partial charge is 0.308 e. The number of piperidine rings is 1. The third-order valence-corrected chi connectivity index (χ3v) is 4.17. The van der Waals surface area contributed by atoms with E-state index in [0.29, 0.717) is 19.4 Å². The minimum absolute atomic E-state index is 0.0503. The van der Waals surface area contributed by atoms with Gasteiger partial charge in [-0.3, -0.25) is 9.59 Å². The number of carbonyl (C=O) groups is 2. The molecule has 1 aromatic carbocycles. The highest BCUT2D eigenvalue weighted by atomic mass is 79.9. The Bertz CT molecular complexity index is 518. The monoisotopic (exact) mass is 339 g/mol. The van der Waals surface area contributed by atoms with E-state index in [4.69, 9.17) is 0 Å². The maximum atomic E-state index is 12.1. The molecule has 1 amide bonds. The van der Waals surface area contributed by atoms with Crippen molar-refractivity contribution < 1.29 is 14.7 Å². The van der Waals surface area contributed by atoms with E-state index in [2.05, 4.69) is 15.9 Å². The molecule has 2 unspecified atom stereocenters. The van der Waals surface area contributed by atoms with E-state index < -0.39 is 11.9 Å². The van der Waals surface area contributed by atoms with Gasteiger partial charge in [-0.25, -0.2) is 0 Å². The zero-order chi connectivity index (χ0) is 14.7. The van der Waals surface area contributed by atoms with E-state index in [-0.39, 0.29) is 11.9 Å². The van der Waals surface area contributed by atoms with Gasteiger partial charge in [0.05, 0.1) is 12.0 Å². The van der Waals surface area contributed by atoms with Crippen LogP contribution >= 0.6 is 15.9 Å². The molecule has 0 aromatic heterocycles. The first-order valence-electron chi connectivity index (χ1n) is 6.82. The lowest BCUT2D eigenvalue weighted by molar-refractivity contribution is -0.152. The van der Waals surface area contributed by atoms with Gasteiger partial charge >= 0.3 is 5.97 Å². The predicted octanol–water partition coefficient (Wildman–Crippen LogP) is 3.22. The maximum Gasteiger partial charge on any atom is 0.308 e. The topological polar surface area (TPSA) is 57.6 Å². The van der Waals surface area contributed by atoms with Crippen LogP contribution in [0.4, 0.5) is 0 Å². The molecule has 1 aliphatic rings. The zero-order valence-electron chi connectivity index (χ0n) is 11.4. The largest absolute Gasteiger partial charge is 0.481 e. The van der Waals surface area contributed by atoms with Gasteiger partial charge in [-0.15, -0.1) is 0 Å². The van der Waals surface area contributed by atoms with Crippen molar-refractivity contribution in [1.82, 2.24) is 4.90 Å². The van der Waals surface area contributed by atoms with E-state index in [9.17, 15) is 14.7 Å². The Morgan fingerprint density at radius 2 is 2.25 bits per heavy atom. The molecule has 1 N–H and O–H groups in total. The Labute approximate surface area is 126 Å². The van der Waals surface area contributed by atoms with Crippen LogP contribution in [0, 0.1) is 5.92 Å². The van der Waals surface area contributed by atoms with Crippen molar-refractivity contribution in [2.24, 2.45) is 5.92 Å². The molecule has 1 fully saturated rings. The first-order valence-corrected chi connectivity index (χ1v) is 7.61. The molecule has 2 atom stereocenters. The third-order valence-electron chi connectivity index (χ3n) is 3.68. The zero-order valence-corrected chi connectivity index (χ0v) is 13.0. The third kappa shape index (κ3) is 3.03. The highest BCUT2D eigenvalue weighted by Crippen LogP contribution is 2.37. The summed E-state index contributed by atoms with van der Waals surface area (Å²) in [7, 11) is 0. The second-order valence-electron chi connectivity index (χ2n) is 5.07. The van der Waals surface area contributed by atoms with E-state index >= 15 is 0 Å². The van der Waals surface area contributed by atoms with Crippen LogP contribution in [0.5, 0.6) is 0 Å². The number of hydrogen-bond donors (Lipinski definition) is 1. The average molecular weight is 340 g/mol. The van der Waals surface area contributed by atoms with Gasteiger partial charge in [-0.1, -0.05) is 35.0 Å². The summed E-state index contributed by atoms with van der Waals surface area (Å²) in [5.41, 5.74) is 0.883. The molecule has 0 saturated carbocycles. The fourth-order valence-corrected chi connectivity index (χ4v) is 3.24. The minimum Gasteiger partial charge on any atom is -0.481 e. The van der Waals surface area contributed by atoms with Crippen LogP contribution in [0.2, 0.25) is 0 Å². The van der Waals surface area contributed by atoms with Crippen molar-refractivity contribution in [3.8, 4) is 0 Å². The molecule has 4 nitrogen and oxygen atoms in total. The van der Waals surface area contributed by atoms with Crippen LogP contribution in [0.3, 0.4) is 0 Å². The summed E-state index contributed by atoms with van der Waals surface area (Å²) in [6.07, 6.45) is 1.55. The fraction of sp³-hybridized carbons (Fsp3) is 0.467. The number of aliphatic carboxylic acids is 1. The van der Waals surface area contributed by atoms with Crippen LogP contribution < -0.4 is 0 Å². The number of nitrogens with zero attached hydrogens (tertiary/aromatic N) is 1. The quantitative estimate of drug-likeness (QED) is 0.916. The van der Waals surface area contributed by atoms with Gasteiger partial charge in [-0.05, 0) is 30.5 Å². The summed E-state index contributed by atoms with van der Waals surface area (Å²) in [4.78, 5) is 25.4. The average Bonchev–Trinajstić information content (AvgIpc) is 2.40. The Balaban J connectivity index is 2.42. The number of carboxylic acid groups (broad SMARTS) is 1. The molecule has 1 heterocycles.